The molecule has 0 aliphatic heterocycles. The molecule has 0 saturated carbocycles. The summed E-state index contributed by atoms with van der Waals surface area (Å²) < 4.78 is 6.84. The van der Waals surface area contributed by atoms with Gasteiger partial charge in [0.1, 0.15) is 11.2 Å². The number of hydrogen-bond acceptors (Lipinski definition) is 2. The highest BCUT2D eigenvalue weighted by molar-refractivity contribution is 6.22. The first kappa shape index (κ1) is 31.6. The molecular weight excluding hydrogens is 655 g/mol. The third-order valence-electron chi connectivity index (χ3n) is 10.5. The number of benzene rings is 9. The minimum absolute atomic E-state index is 0.856. The van der Waals surface area contributed by atoms with Crippen molar-refractivity contribution in [3.05, 3.63) is 212 Å². The summed E-state index contributed by atoms with van der Waals surface area (Å²) in [6, 6.07) is 75.7. The fraction of sp³-hybridized carbons (Fsp3) is 0. The first-order chi connectivity index (χ1) is 26.8. The molecule has 0 N–H and O–H groups in total. The van der Waals surface area contributed by atoms with Gasteiger partial charge in [-0.3, -0.25) is 0 Å². The molecule has 0 radical (unpaired) electrons. The van der Waals surface area contributed by atoms with Gasteiger partial charge in [-0.1, -0.05) is 176 Å². The molecule has 1 heterocycles. The lowest BCUT2D eigenvalue weighted by molar-refractivity contribution is 0.672. The van der Waals surface area contributed by atoms with E-state index in [2.05, 4.69) is 217 Å². The van der Waals surface area contributed by atoms with Crippen molar-refractivity contribution >= 4 is 49.8 Å². The van der Waals surface area contributed by atoms with Crippen LogP contribution in [0.15, 0.2) is 217 Å². The van der Waals surface area contributed by atoms with Crippen molar-refractivity contribution < 1.29 is 4.42 Å². The Morgan fingerprint density at radius 3 is 1.44 bits per heavy atom. The standard InChI is InChI=1S/C52H35NO/c1-4-15-36(16-5-1)38-27-31-40(32-28-38)43-21-12-13-24-48(43)53(42-19-8-3-9-20-42)49-25-14-26-50-51(49)47-35-46(44-22-10-11-23-45(44)52(47)54-50)41-33-29-39(30-34-41)37-17-6-2-7-18-37/h1-35H. The monoisotopic (exact) mass is 689 g/mol. The summed E-state index contributed by atoms with van der Waals surface area (Å²) in [7, 11) is 0. The molecule has 2 heteroatoms. The van der Waals surface area contributed by atoms with E-state index in [-0.39, 0.29) is 0 Å². The summed E-state index contributed by atoms with van der Waals surface area (Å²) in [5, 5.41) is 4.44. The number of nitrogens with zero attached hydrogens (tertiary/aromatic N) is 1. The first-order valence-corrected chi connectivity index (χ1v) is 18.4. The second-order valence-electron chi connectivity index (χ2n) is 13.7. The van der Waals surface area contributed by atoms with Gasteiger partial charge in [-0.2, -0.15) is 0 Å². The van der Waals surface area contributed by atoms with E-state index in [1.165, 1.54) is 38.8 Å². The zero-order valence-corrected chi connectivity index (χ0v) is 29.6. The molecule has 0 fully saturated rings. The van der Waals surface area contributed by atoms with E-state index < -0.39 is 0 Å². The summed E-state index contributed by atoms with van der Waals surface area (Å²) in [6.07, 6.45) is 0. The van der Waals surface area contributed by atoms with Gasteiger partial charge in [0.05, 0.1) is 16.8 Å². The van der Waals surface area contributed by atoms with Crippen molar-refractivity contribution in [3.8, 4) is 44.5 Å². The van der Waals surface area contributed by atoms with Crippen LogP contribution in [-0.2, 0) is 0 Å². The highest BCUT2D eigenvalue weighted by atomic mass is 16.3. The summed E-state index contributed by atoms with van der Waals surface area (Å²) in [5.41, 5.74) is 14.5. The van der Waals surface area contributed by atoms with Crippen LogP contribution in [0.25, 0.3) is 77.2 Å². The molecule has 9 aromatic carbocycles. The van der Waals surface area contributed by atoms with Gasteiger partial charge in [-0.05, 0) is 80.7 Å². The minimum atomic E-state index is 0.856. The Bertz CT molecular complexity index is 2890. The lowest BCUT2D eigenvalue weighted by atomic mass is 9.93. The summed E-state index contributed by atoms with van der Waals surface area (Å²) in [5.74, 6) is 0. The molecule has 54 heavy (non-hydrogen) atoms. The van der Waals surface area contributed by atoms with Crippen LogP contribution in [0.3, 0.4) is 0 Å². The quantitative estimate of drug-likeness (QED) is 0.166. The molecule has 0 aliphatic rings. The molecule has 0 atom stereocenters. The Balaban J connectivity index is 1.18. The van der Waals surface area contributed by atoms with Crippen molar-refractivity contribution in [2.24, 2.45) is 0 Å². The second kappa shape index (κ2) is 13.4. The first-order valence-electron chi connectivity index (χ1n) is 18.4. The van der Waals surface area contributed by atoms with Gasteiger partial charge in [0.2, 0.25) is 0 Å². The molecule has 1 aromatic heterocycles. The maximum Gasteiger partial charge on any atom is 0.143 e. The van der Waals surface area contributed by atoms with E-state index >= 15 is 0 Å². The van der Waals surface area contributed by atoms with Crippen molar-refractivity contribution in [1.82, 2.24) is 0 Å². The number of para-hydroxylation sites is 2. The molecule has 0 amide bonds. The Kier molecular flexibility index (Phi) is 7.85. The van der Waals surface area contributed by atoms with Crippen molar-refractivity contribution in [2.45, 2.75) is 0 Å². The van der Waals surface area contributed by atoms with Gasteiger partial charge >= 0.3 is 0 Å². The highest BCUT2D eigenvalue weighted by Crippen LogP contribution is 2.48. The normalized spacial score (nSPS) is 11.3. The van der Waals surface area contributed by atoms with Gasteiger partial charge < -0.3 is 9.32 Å². The molecule has 0 unspecified atom stereocenters. The van der Waals surface area contributed by atoms with Crippen LogP contribution >= 0.6 is 0 Å². The molecule has 254 valence electrons. The van der Waals surface area contributed by atoms with Crippen molar-refractivity contribution in [1.29, 1.82) is 0 Å². The zero-order chi connectivity index (χ0) is 35.8. The molecular formula is C52H35NO. The maximum atomic E-state index is 6.84. The summed E-state index contributed by atoms with van der Waals surface area (Å²) in [4.78, 5) is 2.39. The van der Waals surface area contributed by atoms with Crippen LogP contribution in [0.5, 0.6) is 0 Å². The van der Waals surface area contributed by atoms with Crippen LogP contribution in [0.4, 0.5) is 17.1 Å². The van der Waals surface area contributed by atoms with E-state index in [9.17, 15) is 0 Å². The Hall–Kier alpha value is -7.16. The Morgan fingerprint density at radius 1 is 0.315 bits per heavy atom. The number of fused-ring (bicyclic) bond motifs is 5. The van der Waals surface area contributed by atoms with Crippen LogP contribution in [0, 0.1) is 0 Å². The van der Waals surface area contributed by atoms with E-state index in [0.717, 1.165) is 55.5 Å². The zero-order valence-electron chi connectivity index (χ0n) is 29.6. The average Bonchev–Trinajstić information content (AvgIpc) is 3.65. The number of anilines is 3. The van der Waals surface area contributed by atoms with E-state index in [1.807, 2.05) is 0 Å². The van der Waals surface area contributed by atoms with Gasteiger partial charge in [-0.15, -0.1) is 0 Å². The number of furan rings is 1. The van der Waals surface area contributed by atoms with Gasteiger partial charge in [0.25, 0.3) is 0 Å². The average molecular weight is 690 g/mol. The van der Waals surface area contributed by atoms with E-state index in [0.29, 0.717) is 0 Å². The van der Waals surface area contributed by atoms with Crippen LogP contribution in [0.2, 0.25) is 0 Å². The Morgan fingerprint density at radius 2 is 0.796 bits per heavy atom. The largest absolute Gasteiger partial charge is 0.455 e. The van der Waals surface area contributed by atoms with Crippen LogP contribution < -0.4 is 4.90 Å². The molecule has 0 saturated heterocycles. The molecule has 10 aromatic rings. The smallest absolute Gasteiger partial charge is 0.143 e. The van der Waals surface area contributed by atoms with Crippen molar-refractivity contribution in [3.63, 3.8) is 0 Å². The van der Waals surface area contributed by atoms with E-state index in [1.54, 1.807) is 0 Å². The lowest BCUT2D eigenvalue weighted by Gasteiger charge is -2.28. The van der Waals surface area contributed by atoms with Gasteiger partial charge in [0, 0.05) is 22.0 Å². The topological polar surface area (TPSA) is 16.4 Å². The van der Waals surface area contributed by atoms with Gasteiger partial charge in [0.15, 0.2) is 0 Å². The SMILES string of the molecule is c1ccc(-c2ccc(-c3ccccc3N(c3ccccc3)c3cccc4oc5c6ccccc6c(-c6ccc(-c7ccccc7)cc6)cc5c34)cc2)cc1. The lowest BCUT2D eigenvalue weighted by Crippen LogP contribution is -2.11. The molecule has 0 bridgehead atoms. The Labute approximate surface area is 314 Å². The second-order valence-corrected chi connectivity index (χ2v) is 13.7. The third-order valence-corrected chi connectivity index (χ3v) is 10.5. The number of hydrogen-bond donors (Lipinski definition) is 0. The van der Waals surface area contributed by atoms with E-state index in [4.69, 9.17) is 4.42 Å². The maximum absolute atomic E-state index is 6.84. The molecule has 10 rings (SSSR count). The predicted molar refractivity (Wildman–Crippen MR) is 228 cm³/mol. The summed E-state index contributed by atoms with van der Waals surface area (Å²) >= 11 is 0. The molecule has 0 aliphatic carbocycles. The minimum Gasteiger partial charge on any atom is -0.455 e. The van der Waals surface area contributed by atoms with Crippen LogP contribution in [0.1, 0.15) is 0 Å². The van der Waals surface area contributed by atoms with Gasteiger partial charge in [-0.25, -0.2) is 0 Å². The number of rotatable bonds is 7. The fourth-order valence-corrected chi connectivity index (χ4v) is 7.90. The summed E-state index contributed by atoms with van der Waals surface area (Å²) in [6.45, 7) is 0. The highest BCUT2D eigenvalue weighted by Gasteiger charge is 2.23. The van der Waals surface area contributed by atoms with Crippen LogP contribution in [-0.4, -0.2) is 0 Å². The van der Waals surface area contributed by atoms with Crippen molar-refractivity contribution in [2.75, 3.05) is 4.90 Å². The third kappa shape index (κ3) is 5.53. The fourth-order valence-electron chi connectivity index (χ4n) is 7.90. The predicted octanol–water partition coefficient (Wildman–Crippen LogP) is 14.9. The molecule has 0 spiro atoms. The molecule has 2 nitrogen and oxygen atoms in total.